The molecule has 0 radical (unpaired) electrons. The molecule has 8 heteroatoms. The zero-order chi connectivity index (χ0) is 32.4. The molecule has 0 fully saturated rings. The van der Waals surface area contributed by atoms with Crippen LogP contribution in [0, 0.1) is 0 Å². The summed E-state index contributed by atoms with van der Waals surface area (Å²) >= 11 is 0. The average molecular weight is 625 g/mol. The number of fused-ring (bicyclic) bond motifs is 5. The number of likely N-dealkylation sites (N-methyl/N-ethyl adjacent to an activating group) is 2. The molecule has 0 amide bonds. The van der Waals surface area contributed by atoms with Gasteiger partial charge in [-0.25, -0.2) is 0 Å². The molecule has 3 aromatic carbocycles. The normalized spacial score (nSPS) is 22.2. The van der Waals surface area contributed by atoms with Crippen LogP contribution in [0.1, 0.15) is 46.3 Å². The van der Waals surface area contributed by atoms with E-state index in [1.54, 1.807) is 28.4 Å². The largest absolute Gasteiger partial charge is 0.493 e. The Bertz CT molecular complexity index is 1660. The Labute approximate surface area is 272 Å². The Morgan fingerprint density at radius 3 is 2.13 bits per heavy atom. The second-order valence-corrected chi connectivity index (χ2v) is 12.1. The quantitative estimate of drug-likeness (QED) is 0.296. The van der Waals surface area contributed by atoms with E-state index in [4.69, 9.17) is 28.4 Å². The van der Waals surface area contributed by atoms with Crippen molar-refractivity contribution in [2.45, 2.75) is 37.8 Å². The summed E-state index contributed by atoms with van der Waals surface area (Å²) in [6.45, 7) is 5.97. The topological polar surface area (TPSA) is 61.9 Å². The Balaban J connectivity index is 1.59. The van der Waals surface area contributed by atoms with Crippen molar-refractivity contribution in [3.05, 3.63) is 107 Å². The van der Waals surface area contributed by atoms with E-state index in [0.717, 1.165) is 49.1 Å². The van der Waals surface area contributed by atoms with Gasteiger partial charge in [-0.1, -0.05) is 30.9 Å². The molecular formula is C38H44N2O6. The van der Waals surface area contributed by atoms with Crippen LogP contribution in [0.25, 0.3) is 0 Å². The summed E-state index contributed by atoms with van der Waals surface area (Å²) < 4.78 is 36.6. The van der Waals surface area contributed by atoms with E-state index in [1.165, 1.54) is 16.7 Å². The molecule has 0 spiro atoms. The number of ether oxygens (including phenoxy) is 6. The lowest BCUT2D eigenvalue weighted by atomic mass is 9.87. The van der Waals surface area contributed by atoms with Crippen molar-refractivity contribution in [1.29, 1.82) is 0 Å². The lowest BCUT2D eigenvalue weighted by Gasteiger charge is -2.37. The van der Waals surface area contributed by atoms with Gasteiger partial charge in [-0.05, 0) is 97.9 Å². The third kappa shape index (κ3) is 6.07. The lowest BCUT2D eigenvalue weighted by Crippen LogP contribution is -2.33. The summed E-state index contributed by atoms with van der Waals surface area (Å²) in [6.07, 6.45) is 9.02. The molecule has 7 rings (SSSR count). The zero-order valence-electron chi connectivity index (χ0n) is 27.7. The molecule has 4 bridgehead atoms. The van der Waals surface area contributed by atoms with Gasteiger partial charge in [0.05, 0.1) is 28.4 Å². The van der Waals surface area contributed by atoms with Gasteiger partial charge < -0.3 is 28.4 Å². The summed E-state index contributed by atoms with van der Waals surface area (Å²) in [4.78, 5) is 4.77. The van der Waals surface area contributed by atoms with Gasteiger partial charge in [-0.15, -0.1) is 0 Å². The molecule has 0 saturated carbocycles. The molecule has 0 unspecified atom stereocenters. The van der Waals surface area contributed by atoms with Crippen LogP contribution in [0.4, 0.5) is 0 Å². The third-order valence-electron chi connectivity index (χ3n) is 9.51. The SMILES string of the molecule is C=C/C1=C\C=C(\OC)Oc2ccc(cc2)C[C@H]2c3cc(c(OC)cc3CCN2C)Oc2c(OC)c(OC)cc3c2[C@H](C1)N(C)CC3. The first kappa shape index (κ1) is 31.6. The highest BCUT2D eigenvalue weighted by atomic mass is 16.7. The van der Waals surface area contributed by atoms with E-state index >= 15 is 0 Å². The number of rotatable bonds is 5. The highest BCUT2D eigenvalue weighted by molar-refractivity contribution is 5.63. The minimum atomic E-state index is -0.0278. The van der Waals surface area contributed by atoms with Gasteiger partial charge in [0.25, 0.3) is 5.95 Å². The maximum absolute atomic E-state index is 7.01. The highest BCUT2D eigenvalue weighted by Gasteiger charge is 2.34. The number of methoxy groups -OCH3 is 4. The van der Waals surface area contributed by atoms with Crippen molar-refractivity contribution in [1.82, 2.24) is 9.80 Å². The molecule has 8 nitrogen and oxygen atoms in total. The monoisotopic (exact) mass is 624 g/mol. The number of nitrogens with zero attached hydrogens (tertiary/aromatic N) is 2. The van der Waals surface area contributed by atoms with E-state index < -0.39 is 0 Å². The average Bonchev–Trinajstić information content (AvgIpc) is 3.08. The first-order valence-corrected chi connectivity index (χ1v) is 15.8. The summed E-state index contributed by atoms with van der Waals surface area (Å²) in [6, 6.07) is 14.8. The smallest absolute Gasteiger partial charge is 0.284 e. The van der Waals surface area contributed by atoms with Crippen LogP contribution < -0.4 is 23.7 Å². The van der Waals surface area contributed by atoms with Crippen molar-refractivity contribution >= 4 is 0 Å². The molecular weight excluding hydrogens is 580 g/mol. The van der Waals surface area contributed by atoms with E-state index in [0.29, 0.717) is 46.9 Å². The predicted molar refractivity (Wildman–Crippen MR) is 180 cm³/mol. The Kier molecular flexibility index (Phi) is 9.29. The molecule has 46 heavy (non-hydrogen) atoms. The minimum absolute atomic E-state index is 0.0278. The maximum Gasteiger partial charge on any atom is 0.284 e. The fraction of sp³-hybridized carbons (Fsp3) is 0.368. The van der Waals surface area contributed by atoms with Gasteiger partial charge in [0.2, 0.25) is 5.75 Å². The molecule has 4 aliphatic heterocycles. The molecule has 242 valence electrons. The third-order valence-corrected chi connectivity index (χ3v) is 9.51. The van der Waals surface area contributed by atoms with Gasteiger partial charge in [0.15, 0.2) is 23.0 Å². The van der Waals surface area contributed by atoms with Crippen molar-refractivity contribution in [2.24, 2.45) is 0 Å². The molecule has 3 aromatic rings. The highest BCUT2D eigenvalue weighted by Crippen LogP contribution is 2.52. The summed E-state index contributed by atoms with van der Waals surface area (Å²) in [5.74, 6) is 4.29. The molecule has 0 aromatic heterocycles. The van der Waals surface area contributed by atoms with Gasteiger partial charge in [-0.2, -0.15) is 0 Å². The van der Waals surface area contributed by atoms with Gasteiger partial charge >= 0.3 is 0 Å². The van der Waals surface area contributed by atoms with Gasteiger partial charge in [0.1, 0.15) is 5.75 Å². The number of allylic oxidation sites excluding steroid dienone is 3. The van der Waals surface area contributed by atoms with E-state index in [-0.39, 0.29) is 12.1 Å². The maximum atomic E-state index is 7.01. The number of hydrogen-bond acceptors (Lipinski definition) is 8. The van der Waals surface area contributed by atoms with Crippen LogP contribution >= 0.6 is 0 Å². The first-order chi connectivity index (χ1) is 22.4. The summed E-state index contributed by atoms with van der Waals surface area (Å²) in [5, 5.41) is 0. The Hall–Kier alpha value is -4.40. The van der Waals surface area contributed by atoms with Gasteiger partial charge in [-0.3, -0.25) is 9.80 Å². The molecule has 4 aliphatic rings. The Morgan fingerprint density at radius 2 is 1.46 bits per heavy atom. The summed E-state index contributed by atoms with van der Waals surface area (Å²) in [5.41, 5.74) is 6.96. The fourth-order valence-corrected chi connectivity index (χ4v) is 6.87. The zero-order valence-corrected chi connectivity index (χ0v) is 27.7. The molecule has 4 heterocycles. The van der Waals surface area contributed by atoms with Crippen molar-refractivity contribution in [3.8, 4) is 34.5 Å². The minimum Gasteiger partial charge on any atom is -0.493 e. The van der Waals surface area contributed by atoms with Crippen LogP contribution in [-0.2, 0) is 24.0 Å². The standard InChI is InChI=1S/C38H44N2O6/c1-8-24-11-14-35(43-6)45-28-12-9-25(10-13-28)20-30-29-23-33(32(41-4)21-26(29)15-17-39(30)2)46-38-36-27(16-18-40(3)31(36)19-24)22-34(42-5)37(38)44-7/h8-14,21-23,30-31H,1,15-20H2,2-7H3/b24-11+,35-14-/t30-,31-/m0/s1. The van der Waals surface area contributed by atoms with E-state index in [2.05, 4.69) is 60.8 Å². The Morgan fingerprint density at radius 1 is 0.761 bits per heavy atom. The number of benzene rings is 3. The molecule has 2 atom stereocenters. The van der Waals surface area contributed by atoms with E-state index in [9.17, 15) is 0 Å². The first-order valence-electron chi connectivity index (χ1n) is 15.8. The van der Waals surface area contributed by atoms with Crippen molar-refractivity contribution in [3.63, 3.8) is 0 Å². The predicted octanol–water partition coefficient (Wildman–Crippen LogP) is 7.19. The summed E-state index contributed by atoms with van der Waals surface area (Å²) in [7, 11) is 11.0. The van der Waals surface area contributed by atoms with Gasteiger partial charge in [0, 0.05) is 36.8 Å². The van der Waals surface area contributed by atoms with Crippen molar-refractivity contribution < 1.29 is 28.4 Å². The van der Waals surface area contributed by atoms with Crippen molar-refractivity contribution in [2.75, 3.05) is 55.6 Å². The number of hydrogen-bond donors (Lipinski definition) is 0. The fourth-order valence-electron chi connectivity index (χ4n) is 6.87. The van der Waals surface area contributed by atoms with Crippen LogP contribution in [-0.4, -0.2) is 65.4 Å². The lowest BCUT2D eigenvalue weighted by molar-refractivity contribution is 0.151. The van der Waals surface area contributed by atoms with Crippen LogP contribution in [0.2, 0.25) is 0 Å². The van der Waals surface area contributed by atoms with Crippen LogP contribution in [0.15, 0.2) is 78.8 Å². The van der Waals surface area contributed by atoms with Crippen LogP contribution in [0.5, 0.6) is 34.5 Å². The molecule has 0 saturated heterocycles. The van der Waals surface area contributed by atoms with E-state index in [1.807, 2.05) is 30.4 Å². The van der Waals surface area contributed by atoms with Crippen LogP contribution in [0.3, 0.4) is 0 Å². The second-order valence-electron chi connectivity index (χ2n) is 12.1. The molecule has 0 aliphatic carbocycles. The molecule has 0 N–H and O–H groups in total. The second kappa shape index (κ2) is 13.5.